The zero-order valence-corrected chi connectivity index (χ0v) is 12.6. The van der Waals surface area contributed by atoms with E-state index in [9.17, 15) is 4.79 Å². The molecule has 1 heterocycles. The standard InChI is InChI=1S/C16H24N2O2/c1-4-17-15-8-9-18(11-12(15)2)16(19)13-6-5-7-14(10-13)20-3/h5-7,10,12,15,17H,4,8-9,11H2,1-3H3. The molecule has 1 aromatic carbocycles. The highest BCUT2D eigenvalue weighted by atomic mass is 16.5. The van der Waals surface area contributed by atoms with Crippen molar-refractivity contribution in [3.8, 4) is 5.75 Å². The van der Waals surface area contributed by atoms with Crippen LogP contribution in [-0.4, -0.2) is 43.6 Å². The molecule has 1 fully saturated rings. The van der Waals surface area contributed by atoms with E-state index in [4.69, 9.17) is 4.74 Å². The van der Waals surface area contributed by atoms with E-state index in [-0.39, 0.29) is 5.91 Å². The van der Waals surface area contributed by atoms with Gasteiger partial charge in [0.2, 0.25) is 0 Å². The summed E-state index contributed by atoms with van der Waals surface area (Å²) < 4.78 is 5.18. The summed E-state index contributed by atoms with van der Waals surface area (Å²) >= 11 is 0. The molecule has 1 saturated heterocycles. The second kappa shape index (κ2) is 6.75. The maximum Gasteiger partial charge on any atom is 0.253 e. The van der Waals surface area contributed by atoms with Crippen molar-refractivity contribution in [3.05, 3.63) is 29.8 Å². The Morgan fingerprint density at radius 3 is 2.95 bits per heavy atom. The van der Waals surface area contributed by atoms with E-state index in [2.05, 4.69) is 19.2 Å². The lowest BCUT2D eigenvalue weighted by Gasteiger charge is -2.37. The Hall–Kier alpha value is -1.55. The lowest BCUT2D eigenvalue weighted by molar-refractivity contribution is 0.0646. The molecule has 1 aliphatic heterocycles. The summed E-state index contributed by atoms with van der Waals surface area (Å²) in [5, 5.41) is 3.49. The predicted octanol–water partition coefficient (Wildman–Crippen LogP) is 2.16. The quantitative estimate of drug-likeness (QED) is 0.916. The molecular weight excluding hydrogens is 252 g/mol. The second-order valence-corrected chi connectivity index (χ2v) is 5.41. The van der Waals surface area contributed by atoms with Crippen LogP contribution in [0.4, 0.5) is 0 Å². The maximum atomic E-state index is 12.5. The third kappa shape index (κ3) is 3.31. The molecule has 20 heavy (non-hydrogen) atoms. The van der Waals surface area contributed by atoms with Gasteiger partial charge in [0.25, 0.3) is 5.91 Å². The topological polar surface area (TPSA) is 41.6 Å². The molecule has 0 spiro atoms. The summed E-state index contributed by atoms with van der Waals surface area (Å²) in [5.74, 6) is 1.32. The summed E-state index contributed by atoms with van der Waals surface area (Å²) in [7, 11) is 1.62. The number of piperidine rings is 1. The number of carbonyl (C=O) groups is 1. The molecule has 0 saturated carbocycles. The van der Waals surface area contributed by atoms with Gasteiger partial charge in [0.15, 0.2) is 0 Å². The van der Waals surface area contributed by atoms with Crippen LogP contribution in [-0.2, 0) is 0 Å². The van der Waals surface area contributed by atoms with Crippen molar-refractivity contribution >= 4 is 5.91 Å². The van der Waals surface area contributed by atoms with Gasteiger partial charge in [0.1, 0.15) is 5.75 Å². The van der Waals surface area contributed by atoms with Crippen molar-refractivity contribution < 1.29 is 9.53 Å². The Kier molecular flexibility index (Phi) is 5.01. The summed E-state index contributed by atoms with van der Waals surface area (Å²) in [5.41, 5.74) is 0.707. The lowest BCUT2D eigenvalue weighted by atomic mass is 9.93. The molecule has 0 aliphatic carbocycles. The number of hydrogen-bond donors (Lipinski definition) is 1. The number of hydrogen-bond acceptors (Lipinski definition) is 3. The molecule has 0 radical (unpaired) electrons. The maximum absolute atomic E-state index is 12.5. The molecule has 1 aliphatic rings. The first kappa shape index (κ1) is 14.9. The number of rotatable bonds is 4. The van der Waals surface area contributed by atoms with Crippen molar-refractivity contribution in [1.29, 1.82) is 0 Å². The van der Waals surface area contributed by atoms with Gasteiger partial charge in [-0.15, -0.1) is 0 Å². The fourth-order valence-corrected chi connectivity index (χ4v) is 2.83. The minimum Gasteiger partial charge on any atom is -0.497 e. The molecule has 1 N–H and O–H groups in total. The average Bonchev–Trinajstić information content (AvgIpc) is 2.49. The first-order chi connectivity index (χ1) is 9.65. The highest BCUT2D eigenvalue weighted by Crippen LogP contribution is 2.20. The van der Waals surface area contributed by atoms with E-state index in [0.717, 1.165) is 31.8 Å². The number of ether oxygens (including phenoxy) is 1. The van der Waals surface area contributed by atoms with E-state index < -0.39 is 0 Å². The van der Waals surface area contributed by atoms with Crippen LogP contribution in [0.1, 0.15) is 30.6 Å². The summed E-state index contributed by atoms with van der Waals surface area (Å²) in [6, 6.07) is 7.90. The number of benzene rings is 1. The molecule has 2 unspecified atom stereocenters. The van der Waals surface area contributed by atoms with Crippen molar-refractivity contribution in [2.24, 2.45) is 5.92 Å². The second-order valence-electron chi connectivity index (χ2n) is 5.41. The van der Waals surface area contributed by atoms with Gasteiger partial charge >= 0.3 is 0 Å². The van der Waals surface area contributed by atoms with E-state index in [0.29, 0.717) is 17.5 Å². The lowest BCUT2D eigenvalue weighted by Crippen LogP contribution is -2.50. The Labute approximate surface area is 121 Å². The minimum atomic E-state index is 0.102. The van der Waals surface area contributed by atoms with Crippen LogP contribution < -0.4 is 10.1 Å². The van der Waals surface area contributed by atoms with Crippen molar-refractivity contribution in [2.45, 2.75) is 26.3 Å². The van der Waals surface area contributed by atoms with Crippen LogP contribution in [0.25, 0.3) is 0 Å². The number of amides is 1. The molecule has 0 bridgehead atoms. The van der Waals surface area contributed by atoms with Gasteiger partial charge in [0, 0.05) is 24.7 Å². The largest absolute Gasteiger partial charge is 0.497 e. The molecule has 1 amide bonds. The van der Waals surface area contributed by atoms with Gasteiger partial charge in [-0.3, -0.25) is 4.79 Å². The predicted molar refractivity (Wildman–Crippen MR) is 80.1 cm³/mol. The number of nitrogens with one attached hydrogen (secondary N) is 1. The molecule has 2 atom stereocenters. The van der Waals surface area contributed by atoms with E-state index in [1.807, 2.05) is 29.2 Å². The average molecular weight is 276 g/mol. The zero-order chi connectivity index (χ0) is 14.5. The normalized spacial score (nSPS) is 22.6. The molecular formula is C16H24N2O2. The van der Waals surface area contributed by atoms with Crippen molar-refractivity contribution in [1.82, 2.24) is 10.2 Å². The number of nitrogens with zero attached hydrogens (tertiary/aromatic N) is 1. The van der Waals surface area contributed by atoms with Gasteiger partial charge < -0.3 is 15.0 Å². The van der Waals surface area contributed by atoms with E-state index in [1.165, 1.54) is 0 Å². The Balaban J connectivity index is 2.03. The van der Waals surface area contributed by atoms with Gasteiger partial charge in [-0.1, -0.05) is 19.9 Å². The number of carbonyl (C=O) groups excluding carboxylic acids is 1. The minimum absolute atomic E-state index is 0.102. The van der Waals surface area contributed by atoms with E-state index in [1.54, 1.807) is 7.11 Å². The molecule has 4 heteroatoms. The molecule has 2 rings (SSSR count). The SMILES string of the molecule is CCNC1CCN(C(=O)c2cccc(OC)c2)CC1C. The fourth-order valence-electron chi connectivity index (χ4n) is 2.83. The molecule has 4 nitrogen and oxygen atoms in total. The fraction of sp³-hybridized carbons (Fsp3) is 0.562. The van der Waals surface area contributed by atoms with Crippen LogP contribution in [0.3, 0.4) is 0 Å². The highest BCUT2D eigenvalue weighted by Gasteiger charge is 2.28. The third-order valence-corrected chi connectivity index (χ3v) is 3.98. The van der Waals surface area contributed by atoms with Crippen molar-refractivity contribution in [2.75, 3.05) is 26.7 Å². The number of methoxy groups -OCH3 is 1. The van der Waals surface area contributed by atoms with Crippen LogP contribution in [0, 0.1) is 5.92 Å². The van der Waals surface area contributed by atoms with Gasteiger partial charge in [-0.05, 0) is 37.1 Å². The van der Waals surface area contributed by atoms with Crippen LogP contribution in [0.15, 0.2) is 24.3 Å². The smallest absolute Gasteiger partial charge is 0.253 e. The van der Waals surface area contributed by atoms with Gasteiger partial charge in [-0.25, -0.2) is 0 Å². The summed E-state index contributed by atoms with van der Waals surface area (Å²) in [6.45, 7) is 6.95. The number of likely N-dealkylation sites (tertiary alicyclic amines) is 1. The first-order valence-electron chi connectivity index (χ1n) is 7.32. The molecule has 0 aromatic heterocycles. The monoisotopic (exact) mass is 276 g/mol. The molecule has 1 aromatic rings. The molecule has 110 valence electrons. The third-order valence-electron chi connectivity index (χ3n) is 3.98. The first-order valence-corrected chi connectivity index (χ1v) is 7.32. The Morgan fingerprint density at radius 1 is 1.50 bits per heavy atom. The van der Waals surface area contributed by atoms with Gasteiger partial charge in [-0.2, -0.15) is 0 Å². The van der Waals surface area contributed by atoms with Crippen LogP contribution in [0.2, 0.25) is 0 Å². The van der Waals surface area contributed by atoms with E-state index >= 15 is 0 Å². The Bertz CT molecular complexity index is 462. The van der Waals surface area contributed by atoms with Crippen LogP contribution >= 0.6 is 0 Å². The highest BCUT2D eigenvalue weighted by molar-refractivity contribution is 5.94. The van der Waals surface area contributed by atoms with Crippen molar-refractivity contribution in [3.63, 3.8) is 0 Å². The zero-order valence-electron chi connectivity index (χ0n) is 12.6. The van der Waals surface area contributed by atoms with Crippen LogP contribution in [0.5, 0.6) is 5.75 Å². The van der Waals surface area contributed by atoms with Gasteiger partial charge in [0.05, 0.1) is 7.11 Å². The summed E-state index contributed by atoms with van der Waals surface area (Å²) in [4.78, 5) is 14.5. The Morgan fingerprint density at radius 2 is 2.30 bits per heavy atom. The summed E-state index contributed by atoms with van der Waals surface area (Å²) in [6.07, 6.45) is 1.02.